The van der Waals surface area contributed by atoms with Crippen LogP contribution in [-0.4, -0.2) is 52.4 Å². The van der Waals surface area contributed by atoms with Crippen LogP contribution < -0.4 is 15.4 Å². The average Bonchev–Trinajstić information content (AvgIpc) is 2.69. The molecule has 0 radical (unpaired) electrons. The summed E-state index contributed by atoms with van der Waals surface area (Å²) in [6.07, 6.45) is 0.569. The Morgan fingerprint density at radius 1 is 1.04 bits per heavy atom. The summed E-state index contributed by atoms with van der Waals surface area (Å²) in [6, 6.07) is 6.74. The predicted octanol–water partition coefficient (Wildman–Crippen LogP) is 2.43. The van der Waals surface area contributed by atoms with Crippen LogP contribution in [0.25, 0.3) is 11.0 Å². The Kier molecular flexibility index (Phi) is 5.08. The van der Waals surface area contributed by atoms with Gasteiger partial charge in [0.2, 0.25) is 0 Å². The SMILES string of the molecule is O=c1cc(N2CCN(c3cnc4cc(Cl)ccc4n3)CC2)cnn1CC(F)F. The van der Waals surface area contributed by atoms with E-state index in [0.717, 1.165) is 21.5 Å². The van der Waals surface area contributed by atoms with E-state index in [2.05, 4.69) is 20.0 Å². The lowest BCUT2D eigenvalue weighted by Crippen LogP contribution is -2.47. The van der Waals surface area contributed by atoms with E-state index in [1.807, 2.05) is 11.0 Å². The molecular weight excluding hydrogens is 390 g/mol. The highest BCUT2D eigenvalue weighted by atomic mass is 35.5. The van der Waals surface area contributed by atoms with Crippen molar-refractivity contribution in [3.05, 3.63) is 52.0 Å². The molecule has 1 saturated heterocycles. The second-order valence-electron chi connectivity index (χ2n) is 6.46. The van der Waals surface area contributed by atoms with Crippen molar-refractivity contribution in [2.75, 3.05) is 36.0 Å². The molecule has 0 bridgehead atoms. The van der Waals surface area contributed by atoms with Gasteiger partial charge in [0.1, 0.15) is 12.4 Å². The maximum atomic E-state index is 12.4. The van der Waals surface area contributed by atoms with E-state index < -0.39 is 18.5 Å². The molecule has 0 unspecified atom stereocenters. The van der Waals surface area contributed by atoms with Crippen LogP contribution in [0.5, 0.6) is 0 Å². The fourth-order valence-electron chi connectivity index (χ4n) is 3.19. The summed E-state index contributed by atoms with van der Waals surface area (Å²) in [6.45, 7) is 1.99. The van der Waals surface area contributed by atoms with E-state index >= 15 is 0 Å². The molecule has 1 aliphatic rings. The first-order valence-corrected chi connectivity index (χ1v) is 9.15. The second kappa shape index (κ2) is 7.67. The minimum atomic E-state index is -2.61. The first-order chi connectivity index (χ1) is 13.5. The Morgan fingerprint density at radius 3 is 2.50 bits per heavy atom. The molecule has 146 valence electrons. The van der Waals surface area contributed by atoms with Gasteiger partial charge in [-0.15, -0.1) is 0 Å². The first kappa shape index (κ1) is 18.5. The third-order valence-electron chi connectivity index (χ3n) is 4.63. The standard InChI is InChI=1S/C18H17ClF2N6O/c19-12-1-2-14-15(7-12)22-10-17(24-14)26-5-3-25(4-6-26)13-8-18(28)27(23-9-13)11-16(20)21/h1-2,7-10,16H,3-6,11H2. The minimum absolute atomic E-state index is 0.528. The number of hydrogen-bond acceptors (Lipinski definition) is 6. The van der Waals surface area contributed by atoms with Crippen molar-refractivity contribution < 1.29 is 8.78 Å². The number of alkyl halides is 2. The molecule has 3 aromatic rings. The van der Waals surface area contributed by atoms with Crippen LogP contribution in [0.4, 0.5) is 20.3 Å². The average molecular weight is 407 g/mol. The van der Waals surface area contributed by atoms with Crippen LogP contribution in [0.2, 0.25) is 5.02 Å². The van der Waals surface area contributed by atoms with Gasteiger partial charge in [-0.2, -0.15) is 5.10 Å². The molecule has 1 fully saturated rings. The van der Waals surface area contributed by atoms with Gasteiger partial charge in [0, 0.05) is 37.3 Å². The number of nitrogens with zero attached hydrogens (tertiary/aromatic N) is 6. The van der Waals surface area contributed by atoms with E-state index in [9.17, 15) is 13.6 Å². The molecule has 10 heteroatoms. The van der Waals surface area contributed by atoms with Crippen molar-refractivity contribution in [3.8, 4) is 0 Å². The highest BCUT2D eigenvalue weighted by Crippen LogP contribution is 2.21. The summed E-state index contributed by atoms with van der Waals surface area (Å²) in [7, 11) is 0. The van der Waals surface area contributed by atoms with Gasteiger partial charge >= 0.3 is 0 Å². The maximum Gasteiger partial charge on any atom is 0.269 e. The number of piperazine rings is 1. The summed E-state index contributed by atoms with van der Waals surface area (Å²) in [4.78, 5) is 25.1. The number of hydrogen-bond donors (Lipinski definition) is 0. The van der Waals surface area contributed by atoms with Gasteiger partial charge in [0.25, 0.3) is 12.0 Å². The lowest BCUT2D eigenvalue weighted by atomic mass is 10.2. The topological polar surface area (TPSA) is 67.2 Å². The lowest BCUT2D eigenvalue weighted by molar-refractivity contribution is 0.119. The zero-order chi connectivity index (χ0) is 19.7. The summed E-state index contributed by atoms with van der Waals surface area (Å²) in [5, 5.41) is 4.47. The molecule has 0 atom stereocenters. The normalized spacial score (nSPS) is 14.9. The van der Waals surface area contributed by atoms with Crippen LogP contribution in [0.15, 0.2) is 41.5 Å². The van der Waals surface area contributed by atoms with Crippen LogP contribution >= 0.6 is 11.6 Å². The summed E-state index contributed by atoms with van der Waals surface area (Å²) in [5.74, 6) is 0.778. The number of anilines is 2. The van der Waals surface area contributed by atoms with E-state index in [1.165, 1.54) is 12.3 Å². The van der Waals surface area contributed by atoms with Gasteiger partial charge in [-0.3, -0.25) is 9.78 Å². The molecule has 28 heavy (non-hydrogen) atoms. The molecule has 0 saturated carbocycles. The van der Waals surface area contributed by atoms with Gasteiger partial charge in [0.05, 0.1) is 29.1 Å². The van der Waals surface area contributed by atoms with Gasteiger partial charge in [0.15, 0.2) is 0 Å². The van der Waals surface area contributed by atoms with Gasteiger partial charge in [-0.05, 0) is 18.2 Å². The third kappa shape index (κ3) is 3.89. The molecule has 0 N–H and O–H groups in total. The highest BCUT2D eigenvalue weighted by molar-refractivity contribution is 6.31. The van der Waals surface area contributed by atoms with E-state index in [4.69, 9.17) is 11.6 Å². The van der Waals surface area contributed by atoms with Crippen molar-refractivity contribution in [2.24, 2.45) is 0 Å². The Morgan fingerprint density at radius 2 is 1.79 bits per heavy atom. The molecular formula is C18H17ClF2N6O. The fourth-order valence-corrected chi connectivity index (χ4v) is 3.35. The minimum Gasteiger partial charge on any atom is -0.367 e. The third-order valence-corrected chi connectivity index (χ3v) is 4.86. The van der Waals surface area contributed by atoms with Crippen LogP contribution in [0.1, 0.15) is 0 Å². The van der Waals surface area contributed by atoms with Crippen molar-refractivity contribution in [2.45, 2.75) is 13.0 Å². The maximum absolute atomic E-state index is 12.4. The number of halogens is 3. The van der Waals surface area contributed by atoms with E-state index in [0.29, 0.717) is 36.9 Å². The first-order valence-electron chi connectivity index (χ1n) is 8.77. The number of aromatic nitrogens is 4. The quantitative estimate of drug-likeness (QED) is 0.663. The summed E-state index contributed by atoms with van der Waals surface area (Å²) < 4.78 is 25.7. The highest BCUT2D eigenvalue weighted by Gasteiger charge is 2.20. The Hall–Kier alpha value is -2.81. The smallest absolute Gasteiger partial charge is 0.269 e. The molecule has 3 heterocycles. The zero-order valence-electron chi connectivity index (χ0n) is 14.8. The molecule has 1 aromatic carbocycles. The Labute approximate surface area is 164 Å². The molecule has 0 amide bonds. The van der Waals surface area contributed by atoms with Gasteiger partial charge in [-0.25, -0.2) is 18.4 Å². The number of fused-ring (bicyclic) bond motifs is 1. The molecule has 4 rings (SSSR count). The number of rotatable bonds is 4. The fraction of sp³-hybridized carbons (Fsp3) is 0.333. The molecule has 0 spiro atoms. The van der Waals surface area contributed by atoms with Crippen LogP contribution in [0, 0.1) is 0 Å². The van der Waals surface area contributed by atoms with Gasteiger partial charge in [-0.1, -0.05) is 11.6 Å². The summed E-state index contributed by atoms with van der Waals surface area (Å²) >= 11 is 5.98. The largest absolute Gasteiger partial charge is 0.367 e. The predicted molar refractivity (Wildman–Crippen MR) is 103 cm³/mol. The van der Waals surface area contributed by atoms with Crippen molar-refractivity contribution in [1.82, 2.24) is 19.7 Å². The molecule has 7 nitrogen and oxygen atoms in total. The van der Waals surface area contributed by atoms with E-state index in [-0.39, 0.29) is 0 Å². The molecule has 1 aliphatic heterocycles. The van der Waals surface area contributed by atoms with Crippen LogP contribution in [0.3, 0.4) is 0 Å². The van der Waals surface area contributed by atoms with Crippen LogP contribution in [-0.2, 0) is 6.54 Å². The van der Waals surface area contributed by atoms with Crippen molar-refractivity contribution >= 4 is 34.1 Å². The second-order valence-corrected chi connectivity index (χ2v) is 6.90. The summed E-state index contributed by atoms with van der Waals surface area (Å²) in [5.41, 5.74) is 1.62. The Balaban J connectivity index is 1.45. The van der Waals surface area contributed by atoms with E-state index in [1.54, 1.807) is 18.3 Å². The zero-order valence-corrected chi connectivity index (χ0v) is 15.6. The number of benzene rings is 1. The molecule has 2 aromatic heterocycles. The lowest BCUT2D eigenvalue weighted by Gasteiger charge is -2.36. The van der Waals surface area contributed by atoms with Crippen molar-refractivity contribution in [1.29, 1.82) is 0 Å². The monoisotopic (exact) mass is 406 g/mol. The Bertz CT molecular complexity index is 1050. The van der Waals surface area contributed by atoms with Crippen molar-refractivity contribution in [3.63, 3.8) is 0 Å². The van der Waals surface area contributed by atoms with Gasteiger partial charge < -0.3 is 9.80 Å². The molecule has 0 aliphatic carbocycles.